The first kappa shape index (κ1) is 27.4. The van der Waals surface area contributed by atoms with Crippen molar-refractivity contribution in [1.29, 1.82) is 0 Å². The summed E-state index contributed by atoms with van der Waals surface area (Å²) in [5, 5.41) is 15.6. The monoisotopic (exact) mass is 531 g/mol. The Morgan fingerprint density at radius 2 is 1.84 bits per heavy atom. The standard InChI is InChI=1S/C27H37N3O6S/c1-35-25-9-8-22(37(28,33)34)18-23(25)26(32)30-13-5-4-10-27(20-31)11-14-29(15-12-27)19-21-6-2-3-7-24(21)36-17-16-30/h2-3,6-9,18,31H,4-5,10-17,19-20H2,1H3,(H2,28,33,34). The predicted octanol–water partition coefficient (Wildman–Crippen LogP) is 2.62. The van der Waals surface area contributed by atoms with E-state index in [0.29, 0.717) is 19.7 Å². The first-order valence-corrected chi connectivity index (χ1v) is 14.3. The molecule has 0 atom stereocenters. The maximum Gasteiger partial charge on any atom is 0.257 e. The predicted molar refractivity (Wildman–Crippen MR) is 140 cm³/mol. The summed E-state index contributed by atoms with van der Waals surface area (Å²) >= 11 is 0. The smallest absolute Gasteiger partial charge is 0.257 e. The van der Waals surface area contributed by atoms with E-state index in [4.69, 9.17) is 14.6 Å². The number of rotatable bonds is 4. The van der Waals surface area contributed by atoms with E-state index < -0.39 is 10.0 Å². The summed E-state index contributed by atoms with van der Waals surface area (Å²) in [5.41, 5.74) is 1.15. The lowest BCUT2D eigenvalue weighted by atomic mass is 9.75. The number of methoxy groups -OCH3 is 1. The number of hydrogen-bond acceptors (Lipinski definition) is 7. The molecular formula is C27H37N3O6S. The van der Waals surface area contributed by atoms with Gasteiger partial charge in [0, 0.05) is 25.3 Å². The fourth-order valence-electron chi connectivity index (χ4n) is 5.27. The molecule has 0 saturated carbocycles. The third kappa shape index (κ3) is 6.62. The molecule has 0 aliphatic carbocycles. The van der Waals surface area contributed by atoms with Gasteiger partial charge in [-0.05, 0) is 68.5 Å². The minimum absolute atomic E-state index is 0.0887. The summed E-state index contributed by atoms with van der Waals surface area (Å²) in [6.45, 7) is 3.89. The van der Waals surface area contributed by atoms with Crippen molar-refractivity contribution in [2.75, 3.05) is 46.5 Å². The van der Waals surface area contributed by atoms with Gasteiger partial charge in [-0.3, -0.25) is 9.69 Å². The highest BCUT2D eigenvalue weighted by molar-refractivity contribution is 7.89. The Hall–Kier alpha value is -2.66. The van der Waals surface area contributed by atoms with Gasteiger partial charge in [-0.15, -0.1) is 0 Å². The molecule has 202 valence electrons. The molecule has 0 aromatic heterocycles. The number of nitrogens with zero attached hydrogens (tertiary/aromatic N) is 2. The molecule has 2 aromatic carbocycles. The lowest BCUT2D eigenvalue weighted by molar-refractivity contribution is 0.0319. The summed E-state index contributed by atoms with van der Waals surface area (Å²) in [5.74, 6) is 0.731. The Bertz CT molecular complexity index is 1190. The van der Waals surface area contributed by atoms with Crippen molar-refractivity contribution in [3.05, 3.63) is 53.6 Å². The SMILES string of the molecule is COc1ccc(S(N)(=O)=O)cc1C(=O)N1CCCCC2(CO)CCN(CC2)Cc2ccccc2OCC1. The molecule has 5 rings (SSSR count). The summed E-state index contributed by atoms with van der Waals surface area (Å²) in [7, 11) is -2.55. The number of sulfonamides is 1. The number of benzene rings is 2. The zero-order valence-corrected chi connectivity index (χ0v) is 22.2. The van der Waals surface area contributed by atoms with E-state index in [0.717, 1.165) is 63.1 Å². The average Bonchev–Trinajstić information content (AvgIpc) is 2.91. The average molecular weight is 532 g/mol. The lowest BCUT2D eigenvalue weighted by Crippen LogP contribution is -2.41. The van der Waals surface area contributed by atoms with Gasteiger partial charge in [0.05, 0.1) is 24.1 Å². The zero-order chi connectivity index (χ0) is 26.5. The molecule has 3 aliphatic heterocycles. The van der Waals surface area contributed by atoms with Crippen LogP contribution >= 0.6 is 0 Å². The maximum atomic E-state index is 13.7. The highest BCUT2D eigenvalue weighted by Gasteiger charge is 2.34. The molecule has 37 heavy (non-hydrogen) atoms. The molecule has 2 bridgehead atoms. The maximum absolute atomic E-state index is 13.7. The van der Waals surface area contributed by atoms with Crippen LogP contribution in [0.4, 0.5) is 0 Å². The summed E-state index contributed by atoms with van der Waals surface area (Å²) in [4.78, 5) is 17.6. The molecule has 9 nitrogen and oxygen atoms in total. The summed E-state index contributed by atoms with van der Waals surface area (Å²) < 4.78 is 35.4. The van der Waals surface area contributed by atoms with Crippen molar-refractivity contribution in [2.24, 2.45) is 10.6 Å². The lowest BCUT2D eigenvalue weighted by Gasteiger charge is -2.41. The quantitative estimate of drug-likeness (QED) is 0.622. The van der Waals surface area contributed by atoms with Crippen LogP contribution in [-0.4, -0.2) is 75.7 Å². The Balaban J connectivity index is 1.60. The van der Waals surface area contributed by atoms with Crippen LogP contribution in [0.3, 0.4) is 0 Å². The van der Waals surface area contributed by atoms with Crippen molar-refractivity contribution in [3.63, 3.8) is 0 Å². The van der Waals surface area contributed by atoms with Gasteiger partial charge in [0.25, 0.3) is 5.91 Å². The van der Waals surface area contributed by atoms with Crippen LogP contribution in [0.5, 0.6) is 11.5 Å². The molecule has 0 spiro atoms. The number of aliphatic hydroxyl groups excluding tert-OH is 1. The van der Waals surface area contributed by atoms with Crippen LogP contribution in [0.25, 0.3) is 0 Å². The minimum atomic E-state index is -3.99. The molecule has 2 aromatic rings. The van der Waals surface area contributed by atoms with Gasteiger partial charge in [0.2, 0.25) is 10.0 Å². The van der Waals surface area contributed by atoms with Crippen LogP contribution in [0, 0.1) is 5.41 Å². The number of ether oxygens (including phenoxy) is 2. The Morgan fingerprint density at radius 3 is 2.54 bits per heavy atom. The number of primary sulfonamides is 1. The number of carbonyl (C=O) groups is 1. The van der Waals surface area contributed by atoms with Crippen molar-refractivity contribution < 1.29 is 27.8 Å². The van der Waals surface area contributed by atoms with Gasteiger partial charge in [-0.1, -0.05) is 24.6 Å². The minimum Gasteiger partial charge on any atom is -0.496 e. The molecular weight excluding hydrogens is 494 g/mol. The van der Waals surface area contributed by atoms with E-state index in [2.05, 4.69) is 11.0 Å². The van der Waals surface area contributed by atoms with E-state index in [1.165, 1.54) is 25.3 Å². The molecule has 10 heteroatoms. The van der Waals surface area contributed by atoms with Gasteiger partial charge in [-0.2, -0.15) is 0 Å². The number of carbonyl (C=O) groups excluding carboxylic acids is 1. The number of para-hydroxylation sites is 1. The highest BCUT2D eigenvalue weighted by atomic mass is 32.2. The second-order valence-corrected chi connectivity index (χ2v) is 11.6. The summed E-state index contributed by atoms with van der Waals surface area (Å²) in [6, 6.07) is 12.0. The van der Waals surface area contributed by atoms with Crippen LogP contribution < -0.4 is 14.6 Å². The van der Waals surface area contributed by atoms with Crippen molar-refractivity contribution in [2.45, 2.75) is 43.5 Å². The Kier molecular flexibility index (Phi) is 8.74. The second-order valence-electron chi connectivity index (χ2n) is 10.0. The Labute approximate surface area is 219 Å². The van der Waals surface area contributed by atoms with E-state index >= 15 is 0 Å². The third-order valence-electron chi connectivity index (χ3n) is 7.64. The molecule has 0 unspecified atom stereocenters. The van der Waals surface area contributed by atoms with Gasteiger partial charge in [-0.25, -0.2) is 13.6 Å². The van der Waals surface area contributed by atoms with Crippen LogP contribution in [0.15, 0.2) is 47.4 Å². The van der Waals surface area contributed by atoms with Gasteiger partial charge >= 0.3 is 0 Å². The van der Waals surface area contributed by atoms with Gasteiger partial charge in [0.1, 0.15) is 18.1 Å². The van der Waals surface area contributed by atoms with Crippen molar-refractivity contribution in [3.8, 4) is 11.5 Å². The van der Waals surface area contributed by atoms with Gasteiger partial charge < -0.3 is 19.5 Å². The largest absolute Gasteiger partial charge is 0.496 e. The first-order valence-electron chi connectivity index (χ1n) is 12.8. The summed E-state index contributed by atoms with van der Waals surface area (Å²) in [6.07, 6.45) is 4.40. The van der Waals surface area contributed by atoms with Gasteiger partial charge in [0.15, 0.2) is 0 Å². The molecule has 1 amide bonds. The van der Waals surface area contributed by atoms with Crippen LogP contribution in [-0.2, 0) is 16.6 Å². The molecule has 3 heterocycles. The molecule has 3 aliphatic rings. The topological polar surface area (TPSA) is 122 Å². The fourth-order valence-corrected chi connectivity index (χ4v) is 5.81. The molecule has 1 saturated heterocycles. The van der Waals surface area contributed by atoms with E-state index in [1.54, 1.807) is 4.90 Å². The third-order valence-corrected chi connectivity index (χ3v) is 8.55. The number of hydrogen-bond donors (Lipinski definition) is 2. The van der Waals surface area contributed by atoms with E-state index in [9.17, 15) is 18.3 Å². The van der Waals surface area contributed by atoms with E-state index in [-0.39, 0.29) is 34.1 Å². The van der Waals surface area contributed by atoms with Crippen LogP contribution in [0.2, 0.25) is 0 Å². The number of amides is 1. The normalized spacial score (nSPS) is 23.3. The second kappa shape index (κ2) is 11.8. The number of aliphatic hydroxyl groups is 1. The van der Waals surface area contributed by atoms with Crippen molar-refractivity contribution in [1.82, 2.24) is 9.80 Å². The molecule has 1 fully saturated rings. The van der Waals surface area contributed by atoms with Crippen LogP contribution in [0.1, 0.15) is 48.0 Å². The zero-order valence-electron chi connectivity index (χ0n) is 21.4. The fraction of sp³-hybridized carbons (Fsp3) is 0.519. The van der Waals surface area contributed by atoms with Crippen molar-refractivity contribution >= 4 is 15.9 Å². The molecule has 0 radical (unpaired) electrons. The Morgan fingerprint density at radius 1 is 1.08 bits per heavy atom. The van der Waals surface area contributed by atoms with E-state index in [1.807, 2.05) is 18.2 Å². The number of piperidine rings is 1. The first-order chi connectivity index (χ1) is 17.7. The molecule has 3 N–H and O–H groups in total. The number of nitrogens with two attached hydrogens (primary N) is 1. The number of fused-ring (bicyclic) bond motifs is 9. The highest BCUT2D eigenvalue weighted by Crippen LogP contribution is 2.37.